The number of anilines is 2. The summed E-state index contributed by atoms with van der Waals surface area (Å²) in [6, 6.07) is 11.3. The third-order valence-corrected chi connectivity index (χ3v) is 19.2. The van der Waals surface area contributed by atoms with Crippen molar-refractivity contribution in [2.24, 2.45) is 0 Å². The summed E-state index contributed by atoms with van der Waals surface area (Å²) in [6.07, 6.45) is -1.51. The fourth-order valence-electron chi connectivity index (χ4n) is 6.56. The molecule has 0 aliphatic carbocycles. The van der Waals surface area contributed by atoms with Gasteiger partial charge in [-0.1, -0.05) is 73.6 Å². The molecule has 0 radical (unpaired) electrons. The van der Waals surface area contributed by atoms with E-state index in [4.69, 9.17) is 50.9 Å². The molecule has 2 aliphatic rings. The molecule has 0 bridgehead atoms. The van der Waals surface area contributed by atoms with E-state index in [1.165, 1.54) is 6.33 Å². The smallest absolute Gasteiger partial charge is 0.359 e. The lowest BCUT2D eigenvalue weighted by Gasteiger charge is -2.51. The number of nitrogen functional groups attached to an aromatic ring is 2. The second kappa shape index (κ2) is 12.8. The van der Waals surface area contributed by atoms with Gasteiger partial charge in [0.05, 0.1) is 12.9 Å². The molecule has 248 valence electrons. The number of fused-ring (bicyclic) bond motifs is 2. The van der Waals surface area contributed by atoms with Crippen LogP contribution in [0.3, 0.4) is 0 Å². The number of imidazole rings is 1. The number of hydrogen-bond donors (Lipinski definition) is 2. The van der Waals surface area contributed by atoms with Crippen molar-refractivity contribution >= 4 is 57.5 Å². The minimum Gasteiger partial charge on any atom is -0.427 e. The third kappa shape index (κ3) is 5.67. The van der Waals surface area contributed by atoms with E-state index in [1.54, 1.807) is 28.8 Å². The maximum Gasteiger partial charge on any atom is 0.359 e. The van der Waals surface area contributed by atoms with E-state index >= 15 is 0 Å². The van der Waals surface area contributed by atoms with Gasteiger partial charge in [0.15, 0.2) is 17.7 Å². The lowest BCUT2D eigenvalue weighted by molar-refractivity contribution is -0.0698. The molecule has 2 fully saturated rings. The van der Waals surface area contributed by atoms with Crippen molar-refractivity contribution in [2.75, 3.05) is 18.1 Å². The van der Waals surface area contributed by atoms with E-state index in [0.29, 0.717) is 5.75 Å². The van der Waals surface area contributed by atoms with E-state index in [1.807, 2.05) is 6.07 Å². The SMILES string of the molecule is CC(C)[Si]1(C(C)C)OC[C@H]2O[C@@H](n3cnc4c(N)nc(N)nc43)C(C#N)(OC(=S)Oc3ccccc3)[C@@H]2O[Si](C(C)C)(C(C)C)O1. The van der Waals surface area contributed by atoms with Crippen molar-refractivity contribution in [2.45, 2.75) is 102 Å². The van der Waals surface area contributed by atoms with Crippen LogP contribution in [0.5, 0.6) is 5.75 Å². The van der Waals surface area contributed by atoms with E-state index in [2.05, 4.69) is 76.4 Å². The quantitative estimate of drug-likeness (QED) is 0.236. The summed E-state index contributed by atoms with van der Waals surface area (Å²) >= 11 is 5.61. The topological polar surface area (TPSA) is 175 Å². The summed E-state index contributed by atoms with van der Waals surface area (Å²) in [5.74, 6) is 0.461. The zero-order chi connectivity index (χ0) is 33.6. The Morgan fingerprint density at radius 1 is 1.02 bits per heavy atom. The number of nitriles is 1. The van der Waals surface area contributed by atoms with Crippen LogP contribution >= 0.6 is 12.2 Å². The fourth-order valence-corrected chi connectivity index (χ4v) is 18.0. The Bertz CT molecular complexity index is 1600. The lowest BCUT2D eigenvalue weighted by Crippen LogP contribution is -2.67. The first-order valence-corrected chi connectivity index (χ1v) is 19.9. The molecule has 0 saturated carbocycles. The van der Waals surface area contributed by atoms with Crippen molar-refractivity contribution in [3.8, 4) is 11.8 Å². The van der Waals surface area contributed by atoms with E-state index in [-0.39, 0.29) is 56.9 Å². The van der Waals surface area contributed by atoms with Gasteiger partial charge in [-0.25, -0.2) is 4.98 Å². The highest BCUT2D eigenvalue weighted by Gasteiger charge is 2.68. The first kappa shape index (κ1) is 34.2. The molecule has 4 heterocycles. The van der Waals surface area contributed by atoms with Gasteiger partial charge in [-0.15, -0.1) is 0 Å². The molecule has 1 unspecified atom stereocenters. The molecular formula is C30H43N7O6SSi2. The van der Waals surface area contributed by atoms with Gasteiger partial charge < -0.3 is 38.6 Å². The molecule has 46 heavy (non-hydrogen) atoms. The molecule has 4 N–H and O–H groups in total. The van der Waals surface area contributed by atoms with Gasteiger partial charge in [-0.2, -0.15) is 15.2 Å². The summed E-state index contributed by atoms with van der Waals surface area (Å²) in [6.45, 7) is 17.0. The van der Waals surface area contributed by atoms with Gasteiger partial charge in [0, 0.05) is 12.2 Å². The largest absolute Gasteiger partial charge is 0.427 e. The highest BCUT2D eigenvalue weighted by atomic mass is 32.1. The molecule has 4 atom stereocenters. The molecular weight excluding hydrogens is 643 g/mol. The number of aromatic nitrogens is 4. The van der Waals surface area contributed by atoms with Gasteiger partial charge >= 0.3 is 22.4 Å². The zero-order valence-electron chi connectivity index (χ0n) is 27.5. The van der Waals surface area contributed by atoms with Gasteiger partial charge in [0.1, 0.15) is 29.5 Å². The van der Waals surface area contributed by atoms with Crippen molar-refractivity contribution in [3.05, 3.63) is 36.7 Å². The van der Waals surface area contributed by atoms with E-state index in [9.17, 15) is 5.26 Å². The Balaban J connectivity index is 1.70. The van der Waals surface area contributed by atoms with Gasteiger partial charge in [-0.3, -0.25) is 4.57 Å². The van der Waals surface area contributed by atoms with E-state index in [0.717, 1.165) is 0 Å². The van der Waals surface area contributed by atoms with Crippen LogP contribution in [0, 0.1) is 11.3 Å². The number of hydrogen-bond acceptors (Lipinski definition) is 13. The van der Waals surface area contributed by atoms with Crippen LogP contribution in [-0.4, -0.2) is 66.3 Å². The van der Waals surface area contributed by atoms with Gasteiger partial charge in [0.25, 0.3) is 5.60 Å². The van der Waals surface area contributed by atoms with Crippen molar-refractivity contribution in [3.63, 3.8) is 0 Å². The predicted octanol–water partition coefficient (Wildman–Crippen LogP) is 5.49. The highest BCUT2D eigenvalue weighted by molar-refractivity contribution is 7.79. The van der Waals surface area contributed by atoms with Crippen molar-refractivity contribution < 1.29 is 27.2 Å². The Labute approximate surface area is 277 Å². The number of para-hydroxylation sites is 1. The average molecular weight is 686 g/mol. The molecule has 13 nitrogen and oxygen atoms in total. The first-order valence-electron chi connectivity index (χ1n) is 15.5. The molecule has 1 aromatic carbocycles. The van der Waals surface area contributed by atoms with Gasteiger partial charge in [0.2, 0.25) is 5.95 Å². The van der Waals surface area contributed by atoms with Crippen LogP contribution in [0.25, 0.3) is 11.2 Å². The standard InChI is InChI=1S/C30H43N7O6SSi2/c1-17(2)45(18(3)4)38-14-22-24(42-46(43-45,19(5)6)20(7)8)30(15-31,41-29(44)39-21-12-10-9-11-13-21)27(40-22)37-16-34-23-25(32)35-28(33)36-26(23)37/h9-13,16-20,22,24,27H,14H2,1-8H3,(H4,32,33,35,36)/t22-,24-,27-,30?/m1/s1. The van der Waals surface area contributed by atoms with Crippen molar-refractivity contribution in [1.29, 1.82) is 5.26 Å². The Morgan fingerprint density at radius 3 is 2.24 bits per heavy atom. The summed E-state index contributed by atoms with van der Waals surface area (Å²) in [5, 5.41) is 10.9. The molecule has 3 aromatic rings. The second-order valence-corrected chi connectivity index (χ2v) is 22.2. The van der Waals surface area contributed by atoms with Crippen LogP contribution in [0.4, 0.5) is 11.8 Å². The monoisotopic (exact) mass is 685 g/mol. The molecule has 2 aliphatic heterocycles. The molecule has 0 spiro atoms. The number of rotatable bonds is 7. The number of nitrogens with two attached hydrogens (primary N) is 2. The highest BCUT2D eigenvalue weighted by Crippen LogP contribution is 2.52. The van der Waals surface area contributed by atoms with Crippen LogP contribution in [0.1, 0.15) is 61.6 Å². The number of ether oxygens (including phenoxy) is 3. The molecule has 0 amide bonds. The lowest BCUT2D eigenvalue weighted by atomic mass is 9.95. The Hall–Kier alpha value is -3.18. The number of nitrogens with zero attached hydrogens (tertiary/aromatic N) is 5. The average Bonchev–Trinajstić information content (AvgIpc) is 3.51. The zero-order valence-corrected chi connectivity index (χ0v) is 30.3. The summed E-state index contributed by atoms with van der Waals surface area (Å²) in [5.41, 5.74) is 10.9. The minimum atomic E-state index is -3.23. The Kier molecular flexibility index (Phi) is 9.50. The maximum absolute atomic E-state index is 11.2. The first-order chi connectivity index (χ1) is 21.7. The van der Waals surface area contributed by atoms with Crippen molar-refractivity contribution in [1.82, 2.24) is 19.5 Å². The third-order valence-electron chi connectivity index (χ3n) is 8.84. The molecule has 16 heteroatoms. The summed E-state index contributed by atoms with van der Waals surface area (Å²) < 4.78 is 42.2. The maximum atomic E-state index is 11.2. The summed E-state index contributed by atoms with van der Waals surface area (Å²) in [4.78, 5) is 12.9. The van der Waals surface area contributed by atoms with Crippen LogP contribution < -0.4 is 16.2 Å². The molecule has 2 saturated heterocycles. The fraction of sp³-hybridized carbons (Fsp3) is 0.567. The second-order valence-electron chi connectivity index (χ2n) is 13.0. The van der Waals surface area contributed by atoms with Gasteiger partial charge in [-0.05, 0) is 34.3 Å². The summed E-state index contributed by atoms with van der Waals surface area (Å²) in [7, 11) is -6.15. The normalized spacial score (nSPS) is 25.8. The van der Waals surface area contributed by atoms with Crippen LogP contribution in [-0.2, 0) is 22.4 Å². The predicted molar refractivity (Wildman–Crippen MR) is 181 cm³/mol. The van der Waals surface area contributed by atoms with Crippen LogP contribution in [0.15, 0.2) is 36.7 Å². The minimum absolute atomic E-state index is 0.0244. The molecule has 5 rings (SSSR count). The van der Waals surface area contributed by atoms with E-state index < -0.39 is 41.2 Å². The Morgan fingerprint density at radius 2 is 1.65 bits per heavy atom. The molecule has 2 aromatic heterocycles. The number of thiocarbonyl (C=S) groups is 1. The number of benzene rings is 1. The van der Waals surface area contributed by atoms with Crippen LogP contribution in [0.2, 0.25) is 22.2 Å².